The largest absolute Gasteiger partial charge is 0.496 e. The van der Waals surface area contributed by atoms with Gasteiger partial charge in [0.15, 0.2) is 0 Å². The summed E-state index contributed by atoms with van der Waals surface area (Å²) in [5, 5.41) is 0. The molecule has 0 unspecified atom stereocenters. The number of hydrogen-bond donors (Lipinski definition) is 0. The van der Waals surface area contributed by atoms with Crippen LogP contribution in [0.5, 0.6) is 5.75 Å². The SMILES string of the molecule is COc1ccccc1C[C@@H]1C(=O)OC(c2ccccc2)=C[C@@H]1[Si](C)(C)C. The van der Waals surface area contributed by atoms with E-state index in [1.165, 1.54) is 0 Å². The summed E-state index contributed by atoms with van der Waals surface area (Å²) >= 11 is 0. The van der Waals surface area contributed by atoms with Crippen LogP contribution in [0.15, 0.2) is 60.7 Å². The van der Waals surface area contributed by atoms with Crippen molar-refractivity contribution in [1.82, 2.24) is 0 Å². The molecule has 0 aromatic heterocycles. The summed E-state index contributed by atoms with van der Waals surface area (Å²) < 4.78 is 11.2. The van der Waals surface area contributed by atoms with Crippen molar-refractivity contribution < 1.29 is 14.3 Å². The van der Waals surface area contributed by atoms with E-state index in [1.54, 1.807) is 7.11 Å². The number of rotatable bonds is 5. The number of ether oxygens (including phenoxy) is 2. The summed E-state index contributed by atoms with van der Waals surface area (Å²) in [6, 6.07) is 17.8. The molecule has 2 aromatic rings. The maximum absolute atomic E-state index is 13.0. The summed E-state index contributed by atoms with van der Waals surface area (Å²) in [4.78, 5) is 13.0. The summed E-state index contributed by atoms with van der Waals surface area (Å²) in [5.41, 5.74) is 2.22. The second-order valence-corrected chi connectivity index (χ2v) is 13.2. The van der Waals surface area contributed by atoms with Crippen LogP contribution in [0.3, 0.4) is 0 Å². The number of carbonyl (C=O) groups is 1. The molecular weight excluding hydrogens is 340 g/mol. The predicted molar refractivity (Wildman–Crippen MR) is 108 cm³/mol. The number of carbonyl (C=O) groups excluding carboxylic acids is 1. The van der Waals surface area contributed by atoms with E-state index in [0.717, 1.165) is 16.9 Å². The molecular formula is C22H26O3Si. The third kappa shape index (κ3) is 3.91. The zero-order valence-electron chi connectivity index (χ0n) is 15.9. The topological polar surface area (TPSA) is 35.5 Å². The summed E-state index contributed by atoms with van der Waals surface area (Å²) in [6.07, 6.45) is 2.82. The minimum Gasteiger partial charge on any atom is -0.496 e. The van der Waals surface area contributed by atoms with Crippen LogP contribution in [-0.2, 0) is 16.0 Å². The van der Waals surface area contributed by atoms with Crippen molar-refractivity contribution in [3.63, 3.8) is 0 Å². The molecule has 2 aromatic carbocycles. The monoisotopic (exact) mass is 366 g/mol. The molecule has 0 radical (unpaired) electrons. The van der Waals surface area contributed by atoms with E-state index in [1.807, 2.05) is 54.6 Å². The zero-order chi connectivity index (χ0) is 18.7. The summed E-state index contributed by atoms with van der Waals surface area (Å²) in [7, 11) is 0.0327. The van der Waals surface area contributed by atoms with E-state index in [-0.39, 0.29) is 17.4 Å². The van der Waals surface area contributed by atoms with Crippen molar-refractivity contribution in [3.05, 3.63) is 71.8 Å². The molecule has 3 rings (SSSR count). The molecule has 1 heterocycles. The number of cyclic esters (lactones) is 1. The van der Waals surface area contributed by atoms with Gasteiger partial charge in [-0.1, -0.05) is 68.2 Å². The van der Waals surface area contributed by atoms with E-state index in [0.29, 0.717) is 12.2 Å². The van der Waals surface area contributed by atoms with Gasteiger partial charge in [0, 0.05) is 5.56 Å². The average Bonchev–Trinajstić information content (AvgIpc) is 2.63. The molecule has 26 heavy (non-hydrogen) atoms. The summed E-state index contributed by atoms with van der Waals surface area (Å²) in [5.74, 6) is 1.21. The number of hydrogen-bond acceptors (Lipinski definition) is 3. The molecule has 0 aliphatic carbocycles. The van der Waals surface area contributed by atoms with Crippen LogP contribution < -0.4 is 4.74 Å². The fourth-order valence-electron chi connectivity index (χ4n) is 3.57. The Hall–Kier alpha value is -2.33. The molecule has 3 nitrogen and oxygen atoms in total. The van der Waals surface area contributed by atoms with Gasteiger partial charge in [-0.2, -0.15) is 0 Å². The maximum Gasteiger partial charge on any atom is 0.314 e. The van der Waals surface area contributed by atoms with Crippen LogP contribution >= 0.6 is 0 Å². The second-order valence-electron chi connectivity index (χ2n) is 7.83. The Balaban J connectivity index is 1.97. The number of benzene rings is 2. The number of methoxy groups -OCH3 is 1. The Labute approximate surface area is 156 Å². The summed E-state index contributed by atoms with van der Waals surface area (Å²) in [6.45, 7) is 6.93. The van der Waals surface area contributed by atoms with E-state index >= 15 is 0 Å². The van der Waals surface area contributed by atoms with Crippen molar-refractivity contribution in [2.24, 2.45) is 5.92 Å². The van der Waals surface area contributed by atoms with E-state index in [2.05, 4.69) is 25.7 Å². The quantitative estimate of drug-likeness (QED) is 0.541. The lowest BCUT2D eigenvalue weighted by atomic mass is 9.92. The van der Waals surface area contributed by atoms with E-state index in [4.69, 9.17) is 9.47 Å². The molecule has 136 valence electrons. The Kier molecular flexibility index (Phi) is 5.32. The van der Waals surface area contributed by atoms with Gasteiger partial charge < -0.3 is 9.47 Å². The Bertz CT molecular complexity index is 806. The highest BCUT2D eigenvalue weighted by Gasteiger charge is 2.41. The standard InChI is InChI=1S/C22H26O3Si/c1-24-19-13-9-8-12-17(19)14-18-21(26(2,3)4)15-20(25-22(18)23)16-10-6-5-7-11-16/h5-13,15,18,21H,14H2,1-4H3/t18-,21-/m0/s1. The van der Waals surface area contributed by atoms with Crippen molar-refractivity contribution in [2.45, 2.75) is 31.6 Å². The molecule has 4 heteroatoms. The Morgan fingerprint density at radius 2 is 1.65 bits per heavy atom. The minimum absolute atomic E-state index is 0.135. The van der Waals surface area contributed by atoms with Gasteiger partial charge in [-0.25, -0.2) is 0 Å². The van der Waals surface area contributed by atoms with E-state index in [9.17, 15) is 4.79 Å². The van der Waals surface area contributed by atoms with Crippen LogP contribution in [0.1, 0.15) is 11.1 Å². The van der Waals surface area contributed by atoms with Crippen LogP contribution in [0.25, 0.3) is 5.76 Å². The molecule has 0 bridgehead atoms. The first-order valence-corrected chi connectivity index (χ1v) is 12.6. The number of para-hydroxylation sites is 1. The lowest BCUT2D eigenvalue weighted by molar-refractivity contribution is -0.142. The molecule has 1 aliphatic rings. The first-order valence-electron chi connectivity index (χ1n) is 9.01. The van der Waals surface area contributed by atoms with Crippen LogP contribution in [-0.4, -0.2) is 21.2 Å². The average molecular weight is 367 g/mol. The zero-order valence-corrected chi connectivity index (χ0v) is 16.9. The molecule has 0 saturated carbocycles. The van der Waals surface area contributed by atoms with Crippen molar-refractivity contribution in [2.75, 3.05) is 7.11 Å². The first-order chi connectivity index (χ1) is 12.4. The lowest BCUT2D eigenvalue weighted by Crippen LogP contribution is -2.40. The molecule has 0 fully saturated rings. The van der Waals surface area contributed by atoms with Crippen LogP contribution in [0.2, 0.25) is 25.2 Å². The molecule has 0 amide bonds. The molecule has 2 atom stereocenters. The molecule has 0 saturated heterocycles. The van der Waals surface area contributed by atoms with Crippen molar-refractivity contribution >= 4 is 19.8 Å². The minimum atomic E-state index is -1.64. The van der Waals surface area contributed by atoms with Gasteiger partial charge >= 0.3 is 5.97 Å². The normalized spacial score (nSPS) is 20.3. The Morgan fingerprint density at radius 1 is 1.00 bits per heavy atom. The highest BCUT2D eigenvalue weighted by atomic mass is 28.3. The molecule has 0 spiro atoms. The lowest BCUT2D eigenvalue weighted by Gasteiger charge is -2.36. The van der Waals surface area contributed by atoms with Gasteiger partial charge in [-0.3, -0.25) is 4.79 Å². The van der Waals surface area contributed by atoms with Gasteiger partial charge in [-0.15, -0.1) is 0 Å². The second kappa shape index (κ2) is 7.50. The smallest absolute Gasteiger partial charge is 0.314 e. The van der Waals surface area contributed by atoms with Crippen molar-refractivity contribution in [1.29, 1.82) is 0 Å². The first kappa shape index (κ1) is 18.5. The maximum atomic E-state index is 13.0. The van der Waals surface area contributed by atoms with Gasteiger partial charge in [0.05, 0.1) is 21.1 Å². The van der Waals surface area contributed by atoms with E-state index < -0.39 is 8.07 Å². The third-order valence-corrected chi connectivity index (χ3v) is 7.54. The fraction of sp³-hybridized carbons (Fsp3) is 0.318. The third-order valence-electron chi connectivity index (χ3n) is 4.97. The van der Waals surface area contributed by atoms with Gasteiger partial charge in [0.1, 0.15) is 11.5 Å². The Morgan fingerprint density at radius 3 is 2.31 bits per heavy atom. The number of esters is 1. The number of allylic oxidation sites excluding steroid dienone is 1. The highest BCUT2D eigenvalue weighted by molar-refractivity contribution is 6.78. The van der Waals surface area contributed by atoms with Crippen LogP contribution in [0.4, 0.5) is 0 Å². The predicted octanol–water partition coefficient (Wildman–Crippen LogP) is 5.16. The fourth-order valence-corrected chi connectivity index (χ4v) is 5.69. The molecule has 1 aliphatic heterocycles. The van der Waals surface area contributed by atoms with Gasteiger partial charge in [0.2, 0.25) is 0 Å². The molecule has 0 N–H and O–H groups in total. The van der Waals surface area contributed by atoms with Crippen molar-refractivity contribution in [3.8, 4) is 5.75 Å². The van der Waals surface area contributed by atoms with Gasteiger partial charge in [-0.05, 0) is 29.7 Å². The van der Waals surface area contributed by atoms with Crippen LogP contribution in [0, 0.1) is 5.92 Å². The highest BCUT2D eigenvalue weighted by Crippen LogP contribution is 2.42. The van der Waals surface area contributed by atoms with Gasteiger partial charge in [0.25, 0.3) is 0 Å².